The Morgan fingerprint density at radius 2 is 2.10 bits per heavy atom. The maximum Gasteiger partial charge on any atom is 0.329 e. The molecule has 2 heterocycles. The van der Waals surface area contributed by atoms with Gasteiger partial charge in [0.1, 0.15) is 11.3 Å². The predicted octanol–water partition coefficient (Wildman–Crippen LogP) is 1.63. The molecule has 1 aromatic carbocycles. The first-order valence-electron chi connectivity index (χ1n) is 6.74. The summed E-state index contributed by atoms with van der Waals surface area (Å²) in [6.07, 6.45) is 1.27. The van der Waals surface area contributed by atoms with Crippen molar-refractivity contribution in [1.29, 1.82) is 0 Å². The summed E-state index contributed by atoms with van der Waals surface area (Å²) in [6.45, 7) is 0.497. The van der Waals surface area contributed by atoms with E-state index < -0.39 is 11.5 Å². The van der Waals surface area contributed by atoms with E-state index in [-0.39, 0.29) is 11.8 Å². The zero-order valence-electron chi connectivity index (χ0n) is 11.3. The Morgan fingerprint density at radius 1 is 1.40 bits per heavy atom. The van der Waals surface area contributed by atoms with E-state index in [0.29, 0.717) is 25.8 Å². The van der Waals surface area contributed by atoms with Gasteiger partial charge in [0, 0.05) is 18.9 Å². The average Bonchev–Trinajstić information content (AvgIpc) is 2.98. The number of methoxy groups -OCH3 is 1. The van der Waals surface area contributed by atoms with E-state index in [1.165, 1.54) is 0 Å². The Kier molecular flexibility index (Phi) is 2.92. The van der Waals surface area contributed by atoms with E-state index in [1.807, 2.05) is 24.3 Å². The van der Waals surface area contributed by atoms with Gasteiger partial charge < -0.3 is 14.7 Å². The smallest absolute Gasteiger partial charge is 0.329 e. The zero-order chi connectivity index (χ0) is 14.3. The minimum absolute atomic E-state index is 0.0385. The van der Waals surface area contributed by atoms with Gasteiger partial charge >= 0.3 is 5.97 Å². The number of carbonyl (C=O) groups excluding carboxylic acids is 1. The third kappa shape index (κ3) is 1.77. The molecule has 5 nitrogen and oxygen atoms in total. The summed E-state index contributed by atoms with van der Waals surface area (Å²) < 4.78 is 5.12. The van der Waals surface area contributed by atoms with Crippen LogP contribution < -0.4 is 4.74 Å². The highest BCUT2D eigenvalue weighted by molar-refractivity contribution is 5.92. The minimum Gasteiger partial charge on any atom is -0.497 e. The second-order valence-corrected chi connectivity index (χ2v) is 5.52. The van der Waals surface area contributed by atoms with E-state index >= 15 is 0 Å². The highest BCUT2D eigenvalue weighted by Gasteiger charge is 2.57. The van der Waals surface area contributed by atoms with E-state index in [1.54, 1.807) is 12.0 Å². The molecule has 2 aliphatic heterocycles. The predicted molar refractivity (Wildman–Crippen MR) is 71.7 cm³/mol. The summed E-state index contributed by atoms with van der Waals surface area (Å²) in [7, 11) is 1.61. The Balaban J connectivity index is 1.87. The highest BCUT2D eigenvalue weighted by Crippen LogP contribution is 2.46. The number of nitrogens with zero attached hydrogens (tertiary/aromatic N) is 1. The Bertz CT molecular complexity index is 553. The lowest BCUT2D eigenvalue weighted by atomic mass is 9.87. The molecule has 0 saturated carbocycles. The van der Waals surface area contributed by atoms with Crippen LogP contribution in [0.3, 0.4) is 0 Å². The van der Waals surface area contributed by atoms with Gasteiger partial charge in [0.15, 0.2) is 0 Å². The van der Waals surface area contributed by atoms with Crippen LogP contribution >= 0.6 is 0 Å². The molecule has 106 valence electrons. The van der Waals surface area contributed by atoms with Crippen LogP contribution in [0.25, 0.3) is 0 Å². The van der Waals surface area contributed by atoms with Crippen LogP contribution in [0.4, 0.5) is 0 Å². The molecule has 2 unspecified atom stereocenters. The minimum atomic E-state index is -0.984. The number of hydrogen-bond donors (Lipinski definition) is 1. The van der Waals surface area contributed by atoms with Crippen LogP contribution in [0.1, 0.15) is 30.7 Å². The number of carboxylic acid groups (broad SMARTS) is 1. The van der Waals surface area contributed by atoms with Gasteiger partial charge in [0.25, 0.3) is 0 Å². The molecular formula is C15H17NO4. The molecule has 0 bridgehead atoms. The molecular weight excluding hydrogens is 258 g/mol. The van der Waals surface area contributed by atoms with Gasteiger partial charge in [-0.2, -0.15) is 0 Å². The van der Waals surface area contributed by atoms with Crippen LogP contribution in [-0.4, -0.2) is 41.1 Å². The number of benzene rings is 1. The van der Waals surface area contributed by atoms with Gasteiger partial charge in [-0.05, 0) is 30.5 Å². The Morgan fingerprint density at radius 3 is 2.65 bits per heavy atom. The molecule has 1 amide bonds. The molecule has 0 aromatic heterocycles. The van der Waals surface area contributed by atoms with Crippen molar-refractivity contribution in [3.63, 3.8) is 0 Å². The van der Waals surface area contributed by atoms with Crippen LogP contribution in [0.2, 0.25) is 0 Å². The van der Waals surface area contributed by atoms with Gasteiger partial charge in [-0.3, -0.25) is 4.79 Å². The standard InChI is InChI=1S/C15H17NO4/c1-20-12-4-2-10(3-5-12)11-8-15(14(18)19)7-6-13(17)16(15)9-11/h2-5,11H,6-9H2,1H3,(H,18,19). The molecule has 5 heteroatoms. The Hall–Kier alpha value is -2.04. The van der Waals surface area contributed by atoms with Crippen molar-refractivity contribution in [2.24, 2.45) is 0 Å². The third-order valence-corrected chi connectivity index (χ3v) is 4.54. The van der Waals surface area contributed by atoms with E-state index in [4.69, 9.17) is 4.74 Å². The van der Waals surface area contributed by atoms with Crippen molar-refractivity contribution >= 4 is 11.9 Å². The zero-order valence-corrected chi connectivity index (χ0v) is 11.3. The molecule has 20 heavy (non-hydrogen) atoms. The first-order valence-corrected chi connectivity index (χ1v) is 6.74. The summed E-state index contributed by atoms with van der Waals surface area (Å²) in [4.78, 5) is 25.1. The van der Waals surface area contributed by atoms with E-state index in [9.17, 15) is 14.7 Å². The summed E-state index contributed by atoms with van der Waals surface area (Å²) in [5.41, 5.74) is 0.0791. The number of rotatable bonds is 3. The van der Waals surface area contributed by atoms with Crippen molar-refractivity contribution in [1.82, 2.24) is 4.90 Å². The van der Waals surface area contributed by atoms with E-state index in [2.05, 4.69) is 0 Å². The number of ether oxygens (including phenoxy) is 1. The van der Waals surface area contributed by atoms with Gasteiger partial charge in [-0.15, -0.1) is 0 Å². The lowest BCUT2D eigenvalue weighted by Gasteiger charge is -2.26. The maximum atomic E-state index is 11.9. The molecule has 1 N–H and O–H groups in total. The van der Waals surface area contributed by atoms with Crippen LogP contribution in [-0.2, 0) is 9.59 Å². The van der Waals surface area contributed by atoms with Gasteiger partial charge in [-0.25, -0.2) is 4.79 Å². The number of fused-ring (bicyclic) bond motifs is 1. The fourth-order valence-electron chi connectivity index (χ4n) is 3.41. The highest BCUT2D eigenvalue weighted by atomic mass is 16.5. The summed E-state index contributed by atoms with van der Waals surface area (Å²) >= 11 is 0. The molecule has 0 spiro atoms. The first kappa shape index (κ1) is 13.0. The Labute approximate surface area is 117 Å². The molecule has 2 fully saturated rings. The van der Waals surface area contributed by atoms with Crippen molar-refractivity contribution < 1.29 is 19.4 Å². The number of hydrogen-bond acceptors (Lipinski definition) is 3. The lowest BCUT2D eigenvalue weighted by Crippen LogP contribution is -2.47. The number of carboxylic acids is 1. The average molecular weight is 275 g/mol. The molecule has 0 aliphatic carbocycles. The van der Waals surface area contributed by atoms with Crippen molar-refractivity contribution in [3.8, 4) is 5.75 Å². The monoisotopic (exact) mass is 275 g/mol. The van der Waals surface area contributed by atoms with Crippen LogP contribution in [0.5, 0.6) is 5.75 Å². The number of amides is 1. The normalized spacial score (nSPS) is 28.6. The topological polar surface area (TPSA) is 66.8 Å². The maximum absolute atomic E-state index is 11.9. The molecule has 1 aromatic rings. The largest absolute Gasteiger partial charge is 0.497 e. The van der Waals surface area contributed by atoms with Gasteiger partial charge in [0.2, 0.25) is 5.91 Å². The quantitative estimate of drug-likeness (QED) is 0.910. The second-order valence-electron chi connectivity index (χ2n) is 5.52. The molecule has 3 rings (SSSR count). The number of carbonyl (C=O) groups is 2. The van der Waals surface area contributed by atoms with Gasteiger partial charge in [0.05, 0.1) is 7.11 Å². The van der Waals surface area contributed by atoms with Gasteiger partial charge in [-0.1, -0.05) is 12.1 Å². The lowest BCUT2D eigenvalue weighted by molar-refractivity contribution is -0.151. The summed E-state index contributed by atoms with van der Waals surface area (Å²) in [6, 6.07) is 7.64. The van der Waals surface area contributed by atoms with Crippen molar-refractivity contribution in [2.45, 2.75) is 30.7 Å². The number of aliphatic carboxylic acids is 1. The fraction of sp³-hybridized carbons (Fsp3) is 0.467. The molecule has 0 radical (unpaired) electrons. The van der Waals surface area contributed by atoms with Crippen molar-refractivity contribution in [3.05, 3.63) is 29.8 Å². The van der Waals surface area contributed by atoms with E-state index in [0.717, 1.165) is 11.3 Å². The second kappa shape index (κ2) is 4.51. The first-order chi connectivity index (χ1) is 9.56. The fourth-order valence-corrected chi connectivity index (χ4v) is 3.41. The molecule has 2 atom stereocenters. The third-order valence-electron chi connectivity index (χ3n) is 4.54. The SMILES string of the molecule is COc1ccc(C2CN3C(=O)CCC3(C(=O)O)C2)cc1. The van der Waals surface area contributed by atoms with Crippen molar-refractivity contribution in [2.75, 3.05) is 13.7 Å². The van der Waals surface area contributed by atoms with Crippen LogP contribution in [0, 0.1) is 0 Å². The summed E-state index contributed by atoms with van der Waals surface area (Å²) in [5.74, 6) is -0.0553. The molecule has 2 saturated heterocycles. The van der Waals surface area contributed by atoms with Crippen LogP contribution in [0.15, 0.2) is 24.3 Å². The molecule has 2 aliphatic rings. The summed E-state index contributed by atoms with van der Waals surface area (Å²) in [5, 5.41) is 9.52.